The van der Waals surface area contributed by atoms with Gasteiger partial charge in [-0.05, 0) is 60.2 Å². The number of halogens is 2. The van der Waals surface area contributed by atoms with Crippen LogP contribution in [-0.2, 0) is 11.4 Å². The number of carbonyl (C=O) groups is 1. The van der Waals surface area contributed by atoms with Crippen molar-refractivity contribution in [2.45, 2.75) is 6.61 Å². The van der Waals surface area contributed by atoms with Crippen LogP contribution in [0.25, 0.3) is 6.08 Å². The van der Waals surface area contributed by atoms with E-state index in [1.54, 1.807) is 54.6 Å². The van der Waals surface area contributed by atoms with Gasteiger partial charge in [0.1, 0.15) is 12.4 Å². The highest BCUT2D eigenvalue weighted by molar-refractivity contribution is 6.35. The Hall–Kier alpha value is -3.15. The Morgan fingerprint density at radius 2 is 1.73 bits per heavy atom. The van der Waals surface area contributed by atoms with Crippen molar-refractivity contribution in [3.05, 3.63) is 87.9 Å². The molecule has 154 valence electrons. The number of amides is 1. The number of carbonyl (C=O) groups excluding carboxylic acids is 1. The normalized spacial score (nSPS) is 10.8. The van der Waals surface area contributed by atoms with E-state index >= 15 is 0 Å². The van der Waals surface area contributed by atoms with Crippen molar-refractivity contribution in [3.63, 3.8) is 0 Å². The zero-order valence-electron chi connectivity index (χ0n) is 16.1. The third-order valence-electron chi connectivity index (χ3n) is 4.18. The molecule has 0 radical (unpaired) electrons. The van der Waals surface area contributed by atoms with E-state index in [-0.39, 0.29) is 18.3 Å². The van der Waals surface area contributed by atoms with E-state index in [4.69, 9.17) is 32.7 Å². The van der Waals surface area contributed by atoms with Crippen LogP contribution in [0.4, 0.5) is 5.69 Å². The smallest absolute Gasteiger partial charge is 0.248 e. The fourth-order valence-corrected chi connectivity index (χ4v) is 3.13. The summed E-state index contributed by atoms with van der Waals surface area (Å²) in [5.74, 6) is 0.876. The minimum Gasteiger partial charge on any atom is -0.508 e. The summed E-state index contributed by atoms with van der Waals surface area (Å²) in [7, 11) is 1.54. The molecule has 5 nitrogen and oxygen atoms in total. The van der Waals surface area contributed by atoms with Crippen molar-refractivity contribution in [1.82, 2.24) is 0 Å². The Morgan fingerprint density at radius 1 is 1.03 bits per heavy atom. The van der Waals surface area contributed by atoms with E-state index < -0.39 is 0 Å². The first-order valence-corrected chi connectivity index (χ1v) is 9.73. The number of hydrogen-bond donors (Lipinski definition) is 2. The van der Waals surface area contributed by atoms with Crippen molar-refractivity contribution >= 4 is 40.9 Å². The van der Waals surface area contributed by atoms with Crippen LogP contribution in [0.1, 0.15) is 11.1 Å². The molecule has 0 spiro atoms. The maximum absolute atomic E-state index is 12.1. The molecule has 0 saturated carbocycles. The molecular formula is C23H19Cl2NO4. The van der Waals surface area contributed by atoms with Crippen molar-refractivity contribution in [2.75, 3.05) is 12.4 Å². The lowest BCUT2D eigenvalue weighted by Gasteiger charge is -2.13. The Labute approximate surface area is 184 Å². The molecule has 0 aliphatic carbocycles. The van der Waals surface area contributed by atoms with Gasteiger partial charge in [-0.25, -0.2) is 0 Å². The molecular weight excluding hydrogens is 425 g/mol. The maximum Gasteiger partial charge on any atom is 0.248 e. The predicted octanol–water partition coefficient (Wildman–Crippen LogP) is 5.94. The molecule has 1 amide bonds. The van der Waals surface area contributed by atoms with Gasteiger partial charge in [-0.15, -0.1) is 0 Å². The van der Waals surface area contributed by atoms with Crippen molar-refractivity contribution in [2.24, 2.45) is 0 Å². The molecule has 0 fully saturated rings. The van der Waals surface area contributed by atoms with E-state index in [2.05, 4.69) is 5.32 Å². The van der Waals surface area contributed by atoms with Gasteiger partial charge in [-0.2, -0.15) is 0 Å². The first-order chi connectivity index (χ1) is 14.5. The fourth-order valence-electron chi connectivity index (χ4n) is 2.63. The van der Waals surface area contributed by atoms with Gasteiger partial charge >= 0.3 is 0 Å². The number of anilines is 1. The summed E-state index contributed by atoms with van der Waals surface area (Å²) >= 11 is 12.4. The molecule has 3 aromatic carbocycles. The van der Waals surface area contributed by atoms with Gasteiger partial charge in [0.25, 0.3) is 0 Å². The topological polar surface area (TPSA) is 67.8 Å². The van der Waals surface area contributed by atoms with Crippen LogP contribution in [0.15, 0.2) is 66.7 Å². The van der Waals surface area contributed by atoms with Gasteiger partial charge in [0.2, 0.25) is 5.91 Å². The molecule has 7 heteroatoms. The second-order valence-corrected chi connectivity index (χ2v) is 7.08. The Bertz CT molecular complexity index is 1050. The fraction of sp³-hybridized carbons (Fsp3) is 0.0870. The number of hydrogen-bond acceptors (Lipinski definition) is 4. The standard InChI is InChI=1S/C23H19Cl2NO4/c1-29-22-13-15(6-12-23(28)26-16-7-9-17(27)10-8-16)5-11-21(22)30-14-18-19(24)3-2-4-20(18)25/h2-13,27H,14H2,1H3,(H,26,28)/b12-6+. The number of methoxy groups -OCH3 is 1. The van der Waals surface area contributed by atoms with Crippen LogP contribution < -0.4 is 14.8 Å². The van der Waals surface area contributed by atoms with Gasteiger partial charge in [0, 0.05) is 27.4 Å². The maximum atomic E-state index is 12.1. The van der Waals surface area contributed by atoms with Gasteiger partial charge in [0.15, 0.2) is 11.5 Å². The van der Waals surface area contributed by atoms with Gasteiger partial charge in [-0.1, -0.05) is 35.3 Å². The molecule has 3 aromatic rings. The number of phenolic OH excluding ortho intramolecular Hbond substituents is 1. The van der Waals surface area contributed by atoms with E-state index in [1.807, 2.05) is 0 Å². The number of nitrogens with one attached hydrogen (secondary N) is 1. The molecule has 0 aliphatic heterocycles. The van der Waals surface area contributed by atoms with Gasteiger partial charge in [0.05, 0.1) is 7.11 Å². The first-order valence-electron chi connectivity index (χ1n) is 8.98. The van der Waals surface area contributed by atoms with E-state index in [0.29, 0.717) is 32.8 Å². The summed E-state index contributed by atoms with van der Waals surface area (Å²) in [5.41, 5.74) is 2.04. The molecule has 30 heavy (non-hydrogen) atoms. The van der Waals surface area contributed by atoms with E-state index in [1.165, 1.54) is 25.3 Å². The average Bonchev–Trinajstić information content (AvgIpc) is 2.74. The monoisotopic (exact) mass is 443 g/mol. The second-order valence-electron chi connectivity index (χ2n) is 6.27. The molecule has 0 atom stereocenters. The van der Waals surface area contributed by atoms with Crippen molar-refractivity contribution in [3.8, 4) is 17.2 Å². The van der Waals surface area contributed by atoms with Crippen molar-refractivity contribution in [1.29, 1.82) is 0 Å². The van der Waals surface area contributed by atoms with Crippen LogP contribution >= 0.6 is 23.2 Å². The summed E-state index contributed by atoms with van der Waals surface area (Å²) < 4.78 is 11.2. The third kappa shape index (κ3) is 5.69. The zero-order valence-corrected chi connectivity index (χ0v) is 17.6. The third-order valence-corrected chi connectivity index (χ3v) is 4.89. The molecule has 0 heterocycles. The molecule has 3 rings (SSSR count). The largest absolute Gasteiger partial charge is 0.508 e. The Balaban J connectivity index is 1.66. The highest BCUT2D eigenvalue weighted by Gasteiger charge is 2.10. The molecule has 2 N–H and O–H groups in total. The minimum absolute atomic E-state index is 0.134. The lowest BCUT2D eigenvalue weighted by Crippen LogP contribution is -2.07. The lowest BCUT2D eigenvalue weighted by molar-refractivity contribution is -0.111. The lowest BCUT2D eigenvalue weighted by atomic mass is 10.2. The van der Waals surface area contributed by atoms with Crippen LogP contribution in [0.3, 0.4) is 0 Å². The van der Waals surface area contributed by atoms with Crippen LogP contribution in [-0.4, -0.2) is 18.1 Å². The van der Waals surface area contributed by atoms with E-state index in [9.17, 15) is 9.90 Å². The number of aromatic hydroxyl groups is 1. The van der Waals surface area contributed by atoms with Crippen molar-refractivity contribution < 1.29 is 19.4 Å². The quantitative estimate of drug-likeness (QED) is 0.350. The minimum atomic E-state index is -0.298. The number of phenols is 1. The molecule has 0 unspecified atom stereocenters. The molecule has 0 saturated heterocycles. The van der Waals surface area contributed by atoms with Crippen LogP contribution in [0, 0.1) is 0 Å². The SMILES string of the molecule is COc1cc(/C=C/C(=O)Nc2ccc(O)cc2)ccc1OCc1c(Cl)cccc1Cl. The molecule has 0 bridgehead atoms. The van der Waals surface area contributed by atoms with Gasteiger partial charge in [-0.3, -0.25) is 4.79 Å². The number of benzene rings is 3. The predicted molar refractivity (Wildman–Crippen MR) is 120 cm³/mol. The number of ether oxygens (including phenoxy) is 2. The van der Waals surface area contributed by atoms with E-state index in [0.717, 1.165) is 5.56 Å². The highest BCUT2D eigenvalue weighted by atomic mass is 35.5. The summed E-state index contributed by atoms with van der Waals surface area (Å²) in [6.45, 7) is 0.194. The molecule has 0 aromatic heterocycles. The number of rotatable bonds is 7. The highest BCUT2D eigenvalue weighted by Crippen LogP contribution is 2.31. The van der Waals surface area contributed by atoms with Gasteiger partial charge < -0.3 is 19.9 Å². The average molecular weight is 444 g/mol. The second kappa shape index (κ2) is 10.1. The summed E-state index contributed by atoms with van der Waals surface area (Å²) in [4.78, 5) is 12.1. The van der Waals surface area contributed by atoms with Crippen LogP contribution in [0.2, 0.25) is 10.0 Å². The summed E-state index contributed by atoms with van der Waals surface area (Å²) in [5, 5.41) is 13.1. The Kier molecular flexibility index (Phi) is 7.22. The first kappa shape index (κ1) is 21.6. The molecule has 0 aliphatic rings. The Morgan fingerprint density at radius 3 is 2.40 bits per heavy atom. The summed E-state index contributed by atoms with van der Waals surface area (Å²) in [6.07, 6.45) is 3.07. The summed E-state index contributed by atoms with van der Waals surface area (Å²) in [6, 6.07) is 16.8. The zero-order chi connectivity index (χ0) is 21.5. The van der Waals surface area contributed by atoms with Crippen LogP contribution in [0.5, 0.6) is 17.2 Å².